The van der Waals surface area contributed by atoms with Crippen LogP contribution in [0.1, 0.15) is 62.9 Å². The van der Waals surface area contributed by atoms with Gasteiger partial charge in [-0.15, -0.1) is 0 Å². The number of hydrogen-bond donors (Lipinski definition) is 2. The molecule has 0 aliphatic rings. The largest absolute Gasteiger partial charge is 0.364 e. The highest BCUT2D eigenvalue weighted by molar-refractivity contribution is 5.92. The van der Waals surface area contributed by atoms with Crippen LogP contribution in [0.25, 0.3) is 11.0 Å². The number of unbranched alkanes of at least 4 members (excludes halogenated alkanes) is 5. The van der Waals surface area contributed by atoms with E-state index in [0.29, 0.717) is 11.0 Å². The Morgan fingerprint density at radius 3 is 2.23 bits per heavy atom. The van der Waals surface area contributed by atoms with Crippen LogP contribution in [0.2, 0.25) is 0 Å². The first-order valence-electron chi connectivity index (χ1n) is 7.89. The number of benzene rings is 1. The van der Waals surface area contributed by atoms with Crippen molar-refractivity contribution >= 4 is 16.9 Å². The summed E-state index contributed by atoms with van der Waals surface area (Å²) in [5, 5.41) is 0. The van der Waals surface area contributed by atoms with Gasteiger partial charge in [-0.25, -0.2) is 4.98 Å². The topological polar surface area (TPSA) is 88.8 Å². The number of para-hydroxylation sites is 2. The highest BCUT2D eigenvalue weighted by atomic mass is 16.2. The zero-order valence-electron chi connectivity index (χ0n) is 13.4. The van der Waals surface area contributed by atoms with Crippen molar-refractivity contribution in [3.8, 4) is 0 Å². The summed E-state index contributed by atoms with van der Waals surface area (Å²) in [5.41, 5.74) is 5.29. The maximum Gasteiger partial charge on any atom is 0.280 e. The number of nitrogens with zero attached hydrogens (tertiary/aromatic N) is 1. The minimum atomic E-state index is -0.822. The zero-order chi connectivity index (χ0) is 16.4. The molecular formula is C17H25N3O2. The summed E-state index contributed by atoms with van der Waals surface area (Å²) >= 11 is 0. The number of nitrogens with one attached hydrogen (secondary N) is 1. The Hall–Kier alpha value is -2.17. The van der Waals surface area contributed by atoms with E-state index >= 15 is 0 Å². The monoisotopic (exact) mass is 303 g/mol. The molecule has 1 amide bonds. The van der Waals surface area contributed by atoms with Gasteiger partial charge in [-0.05, 0) is 12.1 Å². The molecule has 3 N–H and O–H groups in total. The Morgan fingerprint density at radius 1 is 1.09 bits per heavy atom. The van der Waals surface area contributed by atoms with Crippen molar-refractivity contribution in [3.63, 3.8) is 0 Å². The molecule has 0 aliphatic carbocycles. The predicted octanol–water partition coefficient (Wildman–Crippen LogP) is 3.39. The molecule has 2 rings (SSSR count). The molecule has 0 spiro atoms. The van der Waals surface area contributed by atoms with Crippen LogP contribution in [-0.4, -0.2) is 15.9 Å². The Balaban J connectivity index is 0.000000261. The molecule has 22 heavy (non-hydrogen) atoms. The number of amides is 1. The Morgan fingerprint density at radius 2 is 1.68 bits per heavy atom. The van der Waals surface area contributed by atoms with Crippen LogP contribution < -0.4 is 11.3 Å². The molecule has 1 aromatic carbocycles. The first kappa shape index (κ1) is 17.9. The van der Waals surface area contributed by atoms with E-state index in [-0.39, 0.29) is 5.69 Å². The van der Waals surface area contributed by atoms with Crippen molar-refractivity contribution in [1.82, 2.24) is 9.97 Å². The fourth-order valence-electron chi connectivity index (χ4n) is 2.05. The molecule has 0 aliphatic heterocycles. The number of carbonyl (C=O) groups excluding carboxylic acids is 1. The average molecular weight is 303 g/mol. The van der Waals surface area contributed by atoms with E-state index in [4.69, 9.17) is 5.73 Å². The predicted molar refractivity (Wildman–Crippen MR) is 89.9 cm³/mol. The van der Waals surface area contributed by atoms with Gasteiger partial charge in [-0.2, -0.15) is 0 Å². The second-order valence-corrected chi connectivity index (χ2v) is 5.21. The first-order chi connectivity index (χ1) is 10.6. The van der Waals surface area contributed by atoms with Gasteiger partial charge in [0.1, 0.15) is 0 Å². The Bertz CT molecular complexity index is 644. The fraction of sp³-hybridized carbons (Fsp3) is 0.471. The minimum Gasteiger partial charge on any atom is -0.364 e. The van der Waals surface area contributed by atoms with Crippen LogP contribution in [-0.2, 0) is 0 Å². The number of hydrogen-bond acceptors (Lipinski definition) is 3. The van der Waals surface area contributed by atoms with Crippen molar-refractivity contribution in [2.75, 3.05) is 0 Å². The molecule has 2 aromatic rings. The molecule has 1 heterocycles. The number of aromatic nitrogens is 2. The van der Waals surface area contributed by atoms with E-state index in [1.807, 2.05) is 0 Å². The van der Waals surface area contributed by atoms with Gasteiger partial charge in [0.15, 0.2) is 5.69 Å². The third-order valence-corrected chi connectivity index (χ3v) is 3.29. The summed E-state index contributed by atoms with van der Waals surface area (Å²) in [7, 11) is 0. The molecule has 5 nitrogen and oxygen atoms in total. The molecule has 0 saturated heterocycles. The third kappa shape index (κ3) is 5.68. The number of H-pyrrole nitrogens is 1. The summed E-state index contributed by atoms with van der Waals surface area (Å²) in [5.74, 6) is -0.822. The molecule has 120 valence electrons. The van der Waals surface area contributed by atoms with Crippen LogP contribution in [0.15, 0.2) is 29.1 Å². The van der Waals surface area contributed by atoms with Crippen molar-refractivity contribution in [2.24, 2.45) is 5.73 Å². The van der Waals surface area contributed by atoms with E-state index in [0.717, 1.165) is 0 Å². The van der Waals surface area contributed by atoms with Gasteiger partial charge in [0.2, 0.25) is 0 Å². The summed E-state index contributed by atoms with van der Waals surface area (Å²) in [4.78, 5) is 28.4. The van der Waals surface area contributed by atoms with Crippen LogP contribution in [0.4, 0.5) is 0 Å². The van der Waals surface area contributed by atoms with Gasteiger partial charge in [-0.1, -0.05) is 64.5 Å². The number of nitrogens with two attached hydrogens (primary N) is 1. The standard InChI is InChI=1S/C9H7N3O2.C8H18/c10-8(13)7-9(14)12-6-4-2-1-3-5(6)11-7;1-3-5-7-8-6-4-2/h1-4H,(H2,10,13)(H,12,14);3-8H2,1-2H3. The molecule has 0 bridgehead atoms. The highest BCUT2D eigenvalue weighted by Crippen LogP contribution is 2.05. The van der Waals surface area contributed by atoms with Crippen molar-refractivity contribution in [3.05, 3.63) is 40.3 Å². The summed E-state index contributed by atoms with van der Waals surface area (Å²) in [6.07, 6.45) is 8.49. The molecule has 1 aromatic heterocycles. The summed E-state index contributed by atoms with van der Waals surface area (Å²) in [6, 6.07) is 6.93. The van der Waals surface area contributed by atoms with Gasteiger partial charge < -0.3 is 10.7 Å². The lowest BCUT2D eigenvalue weighted by Gasteiger charge is -1.97. The number of primary amides is 1. The van der Waals surface area contributed by atoms with Gasteiger partial charge in [0, 0.05) is 0 Å². The fourth-order valence-corrected chi connectivity index (χ4v) is 2.05. The van der Waals surface area contributed by atoms with Crippen LogP contribution in [0.5, 0.6) is 0 Å². The molecule has 0 unspecified atom stereocenters. The van der Waals surface area contributed by atoms with Gasteiger partial charge >= 0.3 is 0 Å². The number of carbonyl (C=O) groups is 1. The molecule has 0 radical (unpaired) electrons. The quantitative estimate of drug-likeness (QED) is 0.802. The molecule has 0 atom stereocenters. The maximum absolute atomic E-state index is 11.3. The smallest absolute Gasteiger partial charge is 0.280 e. The van der Waals surface area contributed by atoms with E-state index in [2.05, 4.69) is 23.8 Å². The molecular weight excluding hydrogens is 278 g/mol. The number of rotatable bonds is 6. The van der Waals surface area contributed by atoms with Crippen LogP contribution in [0.3, 0.4) is 0 Å². The molecule has 5 heteroatoms. The lowest BCUT2D eigenvalue weighted by atomic mass is 10.1. The second kappa shape index (κ2) is 9.71. The van der Waals surface area contributed by atoms with Crippen molar-refractivity contribution < 1.29 is 4.79 Å². The van der Waals surface area contributed by atoms with E-state index in [1.165, 1.54) is 38.5 Å². The van der Waals surface area contributed by atoms with Gasteiger partial charge in [-0.3, -0.25) is 9.59 Å². The SMILES string of the molecule is CCCCCCCC.NC(=O)c1nc2ccccc2[nH]c1=O. The normalized spacial score (nSPS) is 10.1. The van der Waals surface area contributed by atoms with E-state index < -0.39 is 11.5 Å². The zero-order valence-corrected chi connectivity index (χ0v) is 13.4. The second-order valence-electron chi connectivity index (χ2n) is 5.21. The van der Waals surface area contributed by atoms with Crippen molar-refractivity contribution in [2.45, 2.75) is 52.4 Å². The van der Waals surface area contributed by atoms with Gasteiger partial charge in [0.25, 0.3) is 11.5 Å². The van der Waals surface area contributed by atoms with E-state index in [9.17, 15) is 9.59 Å². The first-order valence-corrected chi connectivity index (χ1v) is 7.89. The third-order valence-electron chi connectivity index (χ3n) is 3.29. The number of aromatic amines is 1. The highest BCUT2D eigenvalue weighted by Gasteiger charge is 2.08. The van der Waals surface area contributed by atoms with Crippen molar-refractivity contribution in [1.29, 1.82) is 0 Å². The number of fused-ring (bicyclic) bond motifs is 1. The van der Waals surface area contributed by atoms with Crippen LogP contribution in [0, 0.1) is 0 Å². The van der Waals surface area contributed by atoms with Crippen LogP contribution >= 0.6 is 0 Å². The lowest BCUT2D eigenvalue weighted by molar-refractivity contribution is 0.0994. The molecule has 0 fully saturated rings. The minimum absolute atomic E-state index is 0.260. The average Bonchev–Trinajstić information content (AvgIpc) is 2.51. The molecule has 0 saturated carbocycles. The Kier molecular flexibility index (Phi) is 7.89. The Labute approximate surface area is 131 Å². The maximum atomic E-state index is 11.3. The van der Waals surface area contributed by atoms with Gasteiger partial charge in [0.05, 0.1) is 11.0 Å². The summed E-state index contributed by atoms with van der Waals surface area (Å²) < 4.78 is 0. The van der Waals surface area contributed by atoms with E-state index in [1.54, 1.807) is 24.3 Å². The summed E-state index contributed by atoms with van der Waals surface area (Å²) in [6.45, 7) is 4.51. The lowest BCUT2D eigenvalue weighted by Crippen LogP contribution is -2.25.